The molecule has 20 heavy (non-hydrogen) atoms. The fraction of sp³-hybridized carbons (Fsp3) is 0.278. The van der Waals surface area contributed by atoms with Crippen LogP contribution < -0.4 is 4.74 Å². The van der Waals surface area contributed by atoms with Crippen LogP contribution in [0, 0.1) is 0 Å². The van der Waals surface area contributed by atoms with Crippen LogP contribution in [0.1, 0.15) is 40.2 Å². The minimum Gasteiger partial charge on any atom is -0.497 e. The number of fused-ring (bicyclic) bond motifs is 1. The van der Waals surface area contributed by atoms with E-state index in [9.17, 15) is 4.79 Å². The predicted molar refractivity (Wildman–Crippen MR) is 79.4 cm³/mol. The predicted octanol–water partition coefficient (Wildman–Crippen LogP) is 4.00. The lowest BCUT2D eigenvalue weighted by Gasteiger charge is -2.14. The lowest BCUT2D eigenvalue weighted by molar-refractivity contribution is 0.0957. The standard InChI is InChI=1S/C18H18O2/c1-20-15-11-9-14(10-12-15)17-8-4-6-13-5-2-3-7-16(13)18(17)19/h2-3,5,7,9-12,17H,4,6,8H2,1H3/t17-/m0/s1. The third-order valence-electron chi connectivity index (χ3n) is 4.06. The Morgan fingerprint density at radius 2 is 1.80 bits per heavy atom. The van der Waals surface area contributed by atoms with Gasteiger partial charge in [-0.1, -0.05) is 36.4 Å². The minimum atomic E-state index is -0.0236. The average Bonchev–Trinajstić information content (AvgIpc) is 2.67. The van der Waals surface area contributed by atoms with E-state index < -0.39 is 0 Å². The van der Waals surface area contributed by atoms with Gasteiger partial charge >= 0.3 is 0 Å². The Morgan fingerprint density at radius 1 is 1.05 bits per heavy atom. The Labute approximate surface area is 119 Å². The molecule has 0 saturated heterocycles. The van der Waals surface area contributed by atoms with Crippen LogP contribution in [0.3, 0.4) is 0 Å². The van der Waals surface area contributed by atoms with Crippen molar-refractivity contribution in [2.24, 2.45) is 0 Å². The van der Waals surface area contributed by atoms with Crippen molar-refractivity contribution in [3.63, 3.8) is 0 Å². The third-order valence-corrected chi connectivity index (χ3v) is 4.06. The molecule has 1 atom stereocenters. The number of Topliss-reactive ketones (excluding diaryl/α,β-unsaturated/α-hetero) is 1. The molecule has 2 heteroatoms. The second-order valence-electron chi connectivity index (χ2n) is 5.24. The number of hydrogen-bond donors (Lipinski definition) is 0. The number of ether oxygens (including phenoxy) is 1. The molecule has 0 amide bonds. The molecule has 102 valence electrons. The highest BCUT2D eigenvalue weighted by molar-refractivity contribution is 6.02. The van der Waals surface area contributed by atoms with Gasteiger partial charge in [-0.15, -0.1) is 0 Å². The molecular weight excluding hydrogens is 248 g/mol. The molecule has 0 heterocycles. The largest absolute Gasteiger partial charge is 0.497 e. The highest BCUT2D eigenvalue weighted by Gasteiger charge is 2.26. The van der Waals surface area contributed by atoms with E-state index in [1.165, 1.54) is 5.56 Å². The van der Waals surface area contributed by atoms with Crippen molar-refractivity contribution in [3.05, 3.63) is 65.2 Å². The number of hydrogen-bond acceptors (Lipinski definition) is 2. The monoisotopic (exact) mass is 266 g/mol. The molecule has 3 rings (SSSR count). The number of carbonyl (C=O) groups is 1. The van der Waals surface area contributed by atoms with Crippen LogP contribution >= 0.6 is 0 Å². The quantitative estimate of drug-likeness (QED) is 0.768. The zero-order valence-electron chi connectivity index (χ0n) is 11.6. The van der Waals surface area contributed by atoms with Gasteiger partial charge in [0, 0.05) is 11.5 Å². The summed E-state index contributed by atoms with van der Waals surface area (Å²) in [7, 11) is 1.65. The normalized spacial score (nSPS) is 18.2. The van der Waals surface area contributed by atoms with Crippen molar-refractivity contribution >= 4 is 5.78 Å². The van der Waals surface area contributed by atoms with Crippen LogP contribution in [0.4, 0.5) is 0 Å². The number of benzene rings is 2. The second kappa shape index (κ2) is 5.49. The zero-order chi connectivity index (χ0) is 13.9. The maximum absolute atomic E-state index is 12.8. The fourth-order valence-corrected chi connectivity index (χ4v) is 2.95. The summed E-state index contributed by atoms with van der Waals surface area (Å²) < 4.78 is 5.18. The molecule has 2 aromatic rings. The van der Waals surface area contributed by atoms with Gasteiger partial charge in [0.2, 0.25) is 0 Å². The topological polar surface area (TPSA) is 26.3 Å². The summed E-state index contributed by atoms with van der Waals surface area (Å²) in [5, 5.41) is 0. The molecule has 0 unspecified atom stereocenters. The van der Waals surface area contributed by atoms with Gasteiger partial charge in [0.15, 0.2) is 5.78 Å². The Balaban J connectivity index is 1.95. The highest BCUT2D eigenvalue weighted by atomic mass is 16.5. The van der Waals surface area contributed by atoms with Gasteiger partial charge in [-0.3, -0.25) is 4.79 Å². The zero-order valence-corrected chi connectivity index (χ0v) is 11.6. The number of rotatable bonds is 2. The van der Waals surface area contributed by atoms with Crippen LogP contribution in [0.25, 0.3) is 0 Å². The minimum absolute atomic E-state index is 0.0236. The van der Waals surface area contributed by atoms with Crippen LogP contribution in [0.2, 0.25) is 0 Å². The molecule has 0 aliphatic heterocycles. The molecular formula is C18H18O2. The summed E-state index contributed by atoms with van der Waals surface area (Å²) in [4.78, 5) is 12.8. The van der Waals surface area contributed by atoms with Gasteiger partial charge in [-0.05, 0) is 42.5 Å². The van der Waals surface area contributed by atoms with E-state index in [4.69, 9.17) is 4.74 Å². The van der Waals surface area contributed by atoms with E-state index in [2.05, 4.69) is 6.07 Å². The Bertz CT molecular complexity index is 614. The van der Waals surface area contributed by atoms with Crippen molar-refractivity contribution in [2.45, 2.75) is 25.2 Å². The third kappa shape index (κ3) is 2.34. The number of aryl methyl sites for hydroxylation is 1. The van der Waals surface area contributed by atoms with Gasteiger partial charge in [0.1, 0.15) is 5.75 Å². The first-order chi connectivity index (χ1) is 9.79. The van der Waals surface area contributed by atoms with E-state index in [0.717, 1.165) is 36.1 Å². The molecule has 0 fully saturated rings. The number of methoxy groups -OCH3 is 1. The first kappa shape index (κ1) is 12.9. The van der Waals surface area contributed by atoms with E-state index in [-0.39, 0.29) is 11.7 Å². The van der Waals surface area contributed by atoms with Gasteiger partial charge < -0.3 is 4.74 Å². The summed E-state index contributed by atoms with van der Waals surface area (Å²) in [6.45, 7) is 0. The molecule has 2 nitrogen and oxygen atoms in total. The van der Waals surface area contributed by atoms with Gasteiger partial charge in [0.25, 0.3) is 0 Å². The maximum Gasteiger partial charge on any atom is 0.170 e. The fourth-order valence-electron chi connectivity index (χ4n) is 2.95. The molecule has 0 bridgehead atoms. The summed E-state index contributed by atoms with van der Waals surface area (Å²) in [5.41, 5.74) is 3.17. The molecule has 0 aromatic heterocycles. The summed E-state index contributed by atoms with van der Waals surface area (Å²) in [6, 6.07) is 15.9. The Hall–Kier alpha value is -2.09. The molecule has 0 radical (unpaired) electrons. The van der Waals surface area contributed by atoms with Crippen molar-refractivity contribution < 1.29 is 9.53 Å². The molecule has 0 spiro atoms. The van der Waals surface area contributed by atoms with E-state index in [1.807, 2.05) is 42.5 Å². The van der Waals surface area contributed by atoms with Crippen molar-refractivity contribution in [2.75, 3.05) is 7.11 Å². The summed E-state index contributed by atoms with van der Waals surface area (Å²) in [6.07, 6.45) is 2.97. The molecule has 1 aliphatic rings. The van der Waals surface area contributed by atoms with Crippen LogP contribution in [0.15, 0.2) is 48.5 Å². The van der Waals surface area contributed by atoms with Crippen LogP contribution in [-0.4, -0.2) is 12.9 Å². The molecule has 2 aromatic carbocycles. The van der Waals surface area contributed by atoms with Gasteiger partial charge in [-0.2, -0.15) is 0 Å². The Kier molecular flexibility index (Phi) is 3.55. The highest BCUT2D eigenvalue weighted by Crippen LogP contribution is 2.32. The Morgan fingerprint density at radius 3 is 2.55 bits per heavy atom. The average molecular weight is 266 g/mol. The van der Waals surface area contributed by atoms with E-state index in [0.29, 0.717) is 0 Å². The van der Waals surface area contributed by atoms with Gasteiger partial charge in [-0.25, -0.2) is 0 Å². The molecule has 1 aliphatic carbocycles. The first-order valence-electron chi connectivity index (χ1n) is 7.05. The first-order valence-corrected chi connectivity index (χ1v) is 7.05. The second-order valence-corrected chi connectivity index (χ2v) is 5.24. The van der Waals surface area contributed by atoms with Crippen LogP contribution in [-0.2, 0) is 6.42 Å². The van der Waals surface area contributed by atoms with Crippen LogP contribution in [0.5, 0.6) is 5.75 Å². The van der Waals surface area contributed by atoms with E-state index in [1.54, 1.807) is 7.11 Å². The lowest BCUT2D eigenvalue weighted by atomic mass is 9.88. The number of carbonyl (C=O) groups excluding carboxylic acids is 1. The SMILES string of the molecule is COc1ccc([C@@H]2CCCc3ccccc3C2=O)cc1. The maximum atomic E-state index is 12.8. The lowest BCUT2D eigenvalue weighted by Crippen LogP contribution is -2.12. The van der Waals surface area contributed by atoms with Crippen molar-refractivity contribution in [1.82, 2.24) is 0 Å². The number of ketones is 1. The van der Waals surface area contributed by atoms with Crippen molar-refractivity contribution in [3.8, 4) is 5.75 Å². The summed E-state index contributed by atoms with van der Waals surface area (Å²) >= 11 is 0. The van der Waals surface area contributed by atoms with E-state index >= 15 is 0 Å². The summed E-state index contributed by atoms with van der Waals surface area (Å²) in [5.74, 6) is 1.06. The molecule has 0 saturated carbocycles. The van der Waals surface area contributed by atoms with Gasteiger partial charge in [0.05, 0.1) is 7.11 Å². The smallest absolute Gasteiger partial charge is 0.170 e. The molecule has 0 N–H and O–H groups in total. The van der Waals surface area contributed by atoms with Crippen molar-refractivity contribution in [1.29, 1.82) is 0 Å².